The fourth-order valence-corrected chi connectivity index (χ4v) is 4.67. The van der Waals surface area contributed by atoms with Crippen molar-refractivity contribution in [3.8, 4) is 34.2 Å². The van der Waals surface area contributed by atoms with E-state index in [1.54, 1.807) is 0 Å². The minimum absolute atomic E-state index is 0.0234. The number of hydrogen-bond donors (Lipinski definition) is 1. The Balaban J connectivity index is 1.64. The Morgan fingerprint density at radius 3 is 2.50 bits per heavy atom. The van der Waals surface area contributed by atoms with Gasteiger partial charge in [0, 0.05) is 22.9 Å². The second-order valence-corrected chi connectivity index (χ2v) is 9.30. The van der Waals surface area contributed by atoms with Crippen LogP contribution in [0.25, 0.3) is 22.4 Å². The highest BCUT2D eigenvalue weighted by Crippen LogP contribution is 2.35. The third-order valence-corrected chi connectivity index (χ3v) is 6.71. The molecule has 190 valence electrons. The smallest absolute Gasteiger partial charge is 0.289 e. The number of thioether (sulfide) groups is 1. The molecule has 1 heterocycles. The van der Waals surface area contributed by atoms with Gasteiger partial charge < -0.3 is 10.1 Å². The molecule has 0 spiro atoms. The first-order valence-electron chi connectivity index (χ1n) is 11.5. The highest BCUT2D eigenvalue weighted by Gasteiger charge is 2.18. The number of aromatic nitrogens is 1. The fourth-order valence-electron chi connectivity index (χ4n) is 3.68. The lowest BCUT2D eigenvalue weighted by atomic mass is 9.99. The van der Waals surface area contributed by atoms with E-state index in [0.717, 1.165) is 28.6 Å². The number of amides is 1. The first kappa shape index (κ1) is 26.7. The summed E-state index contributed by atoms with van der Waals surface area (Å²) in [5.74, 6) is 0.255. The van der Waals surface area contributed by atoms with Gasteiger partial charge in [-0.25, -0.2) is 4.98 Å². The van der Waals surface area contributed by atoms with Crippen LogP contribution < -0.4 is 10.1 Å². The molecule has 0 aliphatic heterocycles. The molecule has 0 fully saturated rings. The van der Waals surface area contributed by atoms with E-state index in [2.05, 4.69) is 11.4 Å². The molecule has 0 radical (unpaired) electrons. The molecule has 3 aromatic carbocycles. The monoisotopic (exact) mass is 544 g/mol. The number of pyridine rings is 1. The Kier molecular flexibility index (Phi) is 8.58. The number of nitrogens with zero attached hydrogens (tertiary/aromatic N) is 3. The van der Waals surface area contributed by atoms with Gasteiger partial charge in [-0.2, -0.15) is 5.26 Å². The van der Waals surface area contributed by atoms with E-state index in [-0.39, 0.29) is 22.2 Å². The van der Waals surface area contributed by atoms with Crippen LogP contribution in [0.4, 0.5) is 11.4 Å². The number of carbonyl (C=O) groups is 1. The number of nitro groups is 1. The van der Waals surface area contributed by atoms with Crippen molar-refractivity contribution in [1.29, 1.82) is 5.26 Å². The summed E-state index contributed by atoms with van der Waals surface area (Å²) in [4.78, 5) is 27.9. The SMILES string of the molecule is CCOc1ccc(-c2cc(-c3ccccc3)c(C#N)c(SCC(=O)Nc3ccc(Cl)c([N+](=O)[O-])c3)n2)cc1. The zero-order valence-corrected chi connectivity index (χ0v) is 21.8. The van der Waals surface area contributed by atoms with E-state index < -0.39 is 10.8 Å². The standard InChI is InChI=1S/C28H21ClN4O4S/c1-2-37-21-11-8-19(9-12-21)25-15-22(18-6-4-3-5-7-18)23(16-30)28(32-25)38-17-27(34)31-20-10-13-24(29)26(14-20)33(35)36/h3-15H,2,17H2,1H3,(H,31,34). The molecule has 0 aliphatic rings. The summed E-state index contributed by atoms with van der Waals surface area (Å²) in [6.07, 6.45) is 0. The predicted molar refractivity (Wildman–Crippen MR) is 148 cm³/mol. The minimum atomic E-state index is -0.618. The van der Waals surface area contributed by atoms with Gasteiger partial charge in [0.2, 0.25) is 5.91 Å². The maximum absolute atomic E-state index is 12.7. The van der Waals surface area contributed by atoms with Crippen LogP contribution in [-0.2, 0) is 4.79 Å². The van der Waals surface area contributed by atoms with Crippen molar-refractivity contribution in [1.82, 2.24) is 4.98 Å². The van der Waals surface area contributed by atoms with Crippen LogP contribution in [-0.4, -0.2) is 28.2 Å². The van der Waals surface area contributed by atoms with E-state index in [0.29, 0.717) is 28.5 Å². The van der Waals surface area contributed by atoms with E-state index in [1.807, 2.05) is 67.6 Å². The lowest BCUT2D eigenvalue weighted by Gasteiger charge is -2.13. The zero-order valence-electron chi connectivity index (χ0n) is 20.2. The number of nitrogens with one attached hydrogen (secondary N) is 1. The van der Waals surface area contributed by atoms with Gasteiger partial charge in [-0.1, -0.05) is 53.7 Å². The molecule has 0 unspecified atom stereocenters. The highest BCUT2D eigenvalue weighted by atomic mass is 35.5. The summed E-state index contributed by atoms with van der Waals surface area (Å²) in [7, 11) is 0. The Morgan fingerprint density at radius 2 is 1.84 bits per heavy atom. The maximum atomic E-state index is 12.7. The molecule has 1 aromatic heterocycles. The fraction of sp³-hybridized carbons (Fsp3) is 0.107. The average molecular weight is 545 g/mol. The number of nitro benzene ring substituents is 1. The number of rotatable bonds is 9. The number of ether oxygens (including phenoxy) is 1. The van der Waals surface area contributed by atoms with Crippen LogP contribution in [0, 0.1) is 21.4 Å². The number of halogens is 1. The molecule has 38 heavy (non-hydrogen) atoms. The second-order valence-electron chi connectivity index (χ2n) is 7.93. The van der Waals surface area contributed by atoms with E-state index in [9.17, 15) is 20.2 Å². The van der Waals surface area contributed by atoms with Crippen LogP contribution in [0.1, 0.15) is 12.5 Å². The van der Waals surface area contributed by atoms with Crippen LogP contribution >= 0.6 is 23.4 Å². The lowest BCUT2D eigenvalue weighted by Crippen LogP contribution is -2.14. The Hall–Kier alpha value is -4.39. The molecule has 8 nitrogen and oxygen atoms in total. The molecular formula is C28H21ClN4O4S. The largest absolute Gasteiger partial charge is 0.494 e. The third-order valence-electron chi connectivity index (χ3n) is 5.41. The molecule has 0 aliphatic carbocycles. The molecule has 0 bridgehead atoms. The molecule has 1 amide bonds. The van der Waals surface area contributed by atoms with Crippen molar-refractivity contribution in [2.24, 2.45) is 0 Å². The first-order chi connectivity index (χ1) is 18.4. The van der Waals surface area contributed by atoms with Crippen molar-refractivity contribution in [3.05, 3.63) is 99.6 Å². The zero-order chi connectivity index (χ0) is 27.1. The van der Waals surface area contributed by atoms with Gasteiger partial charge in [-0.3, -0.25) is 14.9 Å². The molecule has 0 atom stereocenters. The first-order valence-corrected chi connectivity index (χ1v) is 12.9. The summed E-state index contributed by atoms with van der Waals surface area (Å²) >= 11 is 6.96. The summed E-state index contributed by atoms with van der Waals surface area (Å²) in [5.41, 5.74) is 3.30. The van der Waals surface area contributed by atoms with E-state index in [1.165, 1.54) is 18.2 Å². The van der Waals surface area contributed by atoms with Crippen molar-refractivity contribution in [2.75, 3.05) is 17.7 Å². The molecule has 0 saturated carbocycles. The van der Waals surface area contributed by atoms with Gasteiger partial charge in [-0.05, 0) is 55.0 Å². The Bertz CT molecular complexity index is 1520. The van der Waals surface area contributed by atoms with Crippen LogP contribution in [0.5, 0.6) is 5.75 Å². The number of hydrogen-bond acceptors (Lipinski definition) is 7. The third kappa shape index (κ3) is 6.29. The molecule has 4 aromatic rings. The highest BCUT2D eigenvalue weighted by molar-refractivity contribution is 8.00. The maximum Gasteiger partial charge on any atom is 0.289 e. The number of nitriles is 1. The average Bonchev–Trinajstić information content (AvgIpc) is 2.93. The van der Waals surface area contributed by atoms with Gasteiger partial charge in [-0.15, -0.1) is 0 Å². The summed E-state index contributed by atoms with van der Waals surface area (Å²) < 4.78 is 5.53. The quantitative estimate of drug-likeness (QED) is 0.137. The van der Waals surface area contributed by atoms with Gasteiger partial charge in [0.25, 0.3) is 5.69 Å². The van der Waals surface area contributed by atoms with Crippen molar-refractivity contribution in [2.45, 2.75) is 11.9 Å². The molecule has 10 heteroatoms. The number of benzene rings is 3. The summed E-state index contributed by atoms with van der Waals surface area (Å²) in [6.45, 7) is 2.47. The Morgan fingerprint density at radius 1 is 1.11 bits per heavy atom. The van der Waals surface area contributed by atoms with Crippen molar-refractivity contribution >= 4 is 40.6 Å². The Labute approximate surface area is 228 Å². The molecule has 0 saturated heterocycles. The number of carbonyl (C=O) groups excluding carboxylic acids is 1. The molecule has 1 N–H and O–H groups in total. The lowest BCUT2D eigenvalue weighted by molar-refractivity contribution is -0.384. The van der Waals surface area contributed by atoms with Crippen LogP contribution in [0.3, 0.4) is 0 Å². The van der Waals surface area contributed by atoms with Crippen LogP contribution in [0.15, 0.2) is 83.9 Å². The normalized spacial score (nSPS) is 10.4. The summed E-state index contributed by atoms with van der Waals surface area (Å²) in [5, 5.41) is 24.2. The van der Waals surface area contributed by atoms with Crippen LogP contribution in [0.2, 0.25) is 5.02 Å². The van der Waals surface area contributed by atoms with Gasteiger partial charge in [0.05, 0.1) is 28.5 Å². The van der Waals surface area contributed by atoms with Gasteiger partial charge >= 0.3 is 0 Å². The number of anilines is 1. The topological polar surface area (TPSA) is 118 Å². The predicted octanol–water partition coefficient (Wildman–Crippen LogP) is 6.98. The second kappa shape index (κ2) is 12.2. The molecular weight excluding hydrogens is 524 g/mol. The summed E-state index contributed by atoms with van der Waals surface area (Å²) in [6, 6.07) is 25.1. The van der Waals surface area contributed by atoms with E-state index in [4.69, 9.17) is 21.3 Å². The van der Waals surface area contributed by atoms with Crippen molar-refractivity contribution < 1.29 is 14.5 Å². The van der Waals surface area contributed by atoms with Gasteiger partial charge in [0.1, 0.15) is 21.9 Å². The van der Waals surface area contributed by atoms with Gasteiger partial charge in [0.15, 0.2) is 0 Å². The van der Waals surface area contributed by atoms with E-state index >= 15 is 0 Å². The molecule has 4 rings (SSSR count). The minimum Gasteiger partial charge on any atom is -0.494 e. The van der Waals surface area contributed by atoms with Crippen molar-refractivity contribution in [3.63, 3.8) is 0 Å².